The lowest BCUT2D eigenvalue weighted by molar-refractivity contribution is -0.109. The van der Waals surface area contributed by atoms with Crippen LogP contribution in [0.15, 0.2) is 24.3 Å². The highest BCUT2D eigenvalue weighted by Crippen LogP contribution is 2.14. The second-order valence-corrected chi connectivity index (χ2v) is 5.06. The van der Waals surface area contributed by atoms with E-state index in [0.29, 0.717) is 13.1 Å². The number of nitrogens with zero attached hydrogens (tertiary/aromatic N) is 1. The minimum atomic E-state index is -1.01. The Morgan fingerprint density at radius 1 is 1.11 bits per heavy atom. The summed E-state index contributed by atoms with van der Waals surface area (Å²) in [5.41, 5.74) is 2.54. The molecule has 1 aliphatic heterocycles. The highest BCUT2D eigenvalue weighted by atomic mass is 16.4. The van der Waals surface area contributed by atoms with E-state index in [2.05, 4.69) is 19.1 Å². The van der Waals surface area contributed by atoms with Crippen LogP contribution >= 0.6 is 0 Å². The third-order valence-electron chi connectivity index (χ3n) is 3.64. The lowest BCUT2D eigenvalue weighted by Crippen LogP contribution is -2.55. The van der Waals surface area contributed by atoms with Gasteiger partial charge in [-0.15, -0.1) is 0 Å². The average Bonchev–Trinajstić information content (AvgIpc) is 2.35. The molecule has 18 heavy (non-hydrogen) atoms. The van der Waals surface area contributed by atoms with Crippen LogP contribution in [0.4, 0.5) is 0 Å². The molecule has 0 bridgehead atoms. The smallest absolute Gasteiger partial charge is 0.108 e. The molecule has 3 N–H and O–H groups in total. The summed E-state index contributed by atoms with van der Waals surface area (Å²) < 4.78 is 0. The Bertz CT molecular complexity index is 384. The van der Waals surface area contributed by atoms with Crippen LogP contribution < -0.4 is 0 Å². The zero-order valence-electron chi connectivity index (χ0n) is 10.7. The minimum Gasteiger partial charge on any atom is -0.389 e. The highest BCUT2D eigenvalue weighted by molar-refractivity contribution is 5.25. The molecule has 1 aromatic rings. The van der Waals surface area contributed by atoms with Gasteiger partial charge in [-0.2, -0.15) is 0 Å². The van der Waals surface area contributed by atoms with E-state index < -0.39 is 18.3 Å². The van der Waals surface area contributed by atoms with Crippen molar-refractivity contribution in [1.29, 1.82) is 0 Å². The maximum Gasteiger partial charge on any atom is 0.108 e. The number of rotatable bonds is 3. The summed E-state index contributed by atoms with van der Waals surface area (Å²) in [6.07, 6.45) is -1.83. The van der Waals surface area contributed by atoms with Crippen molar-refractivity contribution in [2.24, 2.45) is 0 Å². The van der Waals surface area contributed by atoms with Crippen LogP contribution in [0.2, 0.25) is 0 Å². The number of hydrogen-bond donors (Lipinski definition) is 3. The molecule has 1 aliphatic rings. The van der Waals surface area contributed by atoms with Crippen LogP contribution in [0.3, 0.4) is 0 Å². The van der Waals surface area contributed by atoms with Gasteiger partial charge in [-0.05, 0) is 24.5 Å². The van der Waals surface area contributed by atoms with Crippen molar-refractivity contribution >= 4 is 0 Å². The predicted octanol–water partition coefficient (Wildman–Crippen LogP) is -0.0642. The number of aryl methyl sites for hydroxylation is 1. The first kappa shape index (κ1) is 13.5. The second-order valence-electron chi connectivity index (χ2n) is 5.06. The molecule has 1 aromatic carbocycles. The van der Waals surface area contributed by atoms with E-state index in [4.69, 9.17) is 0 Å². The predicted molar refractivity (Wildman–Crippen MR) is 69.3 cm³/mol. The lowest BCUT2D eigenvalue weighted by Gasteiger charge is -2.36. The fraction of sp³-hybridized carbons (Fsp3) is 0.571. The molecule has 100 valence electrons. The first-order chi connectivity index (χ1) is 8.58. The van der Waals surface area contributed by atoms with Gasteiger partial charge in [-0.25, -0.2) is 0 Å². The second kappa shape index (κ2) is 5.80. The molecule has 0 spiro atoms. The van der Waals surface area contributed by atoms with E-state index in [9.17, 15) is 15.3 Å². The number of benzene rings is 1. The Balaban J connectivity index is 1.89. The molecular weight excluding hydrogens is 230 g/mol. The highest BCUT2D eigenvalue weighted by Gasteiger charge is 2.32. The van der Waals surface area contributed by atoms with Crippen molar-refractivity contribution in [3.05, 3.63) is 35.4 Å². The zero-order valence-corrected chi connectivity index (χ0v) is 10.7. The number of likely N-dealkylation sites (tertiary alicyclic amines) is 1. The van der Waals surface area contributed by atoms with E-state index in [1.54, 1.807) is 0 Å². The molecule has 0 amide bonds. The van der Waals surface area contributed by atoms with Crippen LogP contribution in [-0.2, 0) is 6.42 Å². The maximum absolute atomic E-state index is 9.62. The van der Waals surface area contributed by atoms with Gasteiger partial charge in [0, 0.05) is 19.6 Å². The number of hydrogen-bond acceptors (Lipinski definition) is 4. The quantitative estimate of drug-likeness (QED) is 0.704. The molecule has 2 unspecified atom stereocenters. The molecule has 4 nitrogen and oxygen atoms in total. The average molecular weight is 251 g/mol. The van der Waals surface area contributed by atoms with E-state index in [1.807, 2.05) is 17.0 Å². The number of piperidine rings is 1. The topological polar surface area (TPSA) is 63.9 Å². The van der Waals surface area contributed by atoms with Crippen molar-refractivity contribution in [3.63, 3.8) is 0 Å². The van der Waals surface area contributed by atoms with Gasteiger partial charge in [0.15, 0.2) is 0 Å². The van der Waals surface area contributed by atoms with Crippen molar-refractivity contribution in [2.75, 3.05) is 19.6 Å². The van der Waals surface area contributed by atoms with Gasteiger partial charge in [-0.1, -0.05) is 24.3 Å². The summed E-state index contributed by atoms with van der Waals surface area (Å²) >= 11 is 0. The molecule has 2 rings (SSSR count). The standard InChI is InChI=1S/C14H21NO3/c1-10-4-2-3-5-11(10)6-7-15-8-12(16)14(18)13(17)9-15/h2-5,12-14,16-18H,6-9H2,1H3. The number of aliphatic hydroxyl groups excluding tert-OH is 3. The molecule has 0 radical (unpaired) electrons. The first-order valence-electron chi connectivity index (χ1n) is 6.39. The summed E-state index contributed by atoms with van der Waals surface area (Å²) in [5.74, 6) is 0. The summed E-state index contributed by atoms with van der Waals surface area (Å²) in [7, 11) is 0. The Labute approximate surface area is 107 Å². The van der Waals surface area contributed by atoms with Crippen LogP contribution in [0.25, 0.3) is 0 Å². The van der Waals surface area contributed by atoms with E-state index >= 15 is 0 Å². The number of β-amino-alcohol motifs (C(OH)–C–C–N with tert-alkyl or cyclic N) is 2. The molecule has 1 saturated heterocycles. The van der Waals surface area contributed by atoms with Crippen molar-refractivity contribution in [3.8, 4) is 0 Å². The largest absolute Gasteiger partial charge is 0.389 e. The van der Waals surface area contributed by atoms with Gasteiger partial charge in [0.1, 0.15) is 6.10 Å². The molecular formula is C14H21NO3. The lowest BCUT2D eigenvalue weighted by atomic mass is 10.0. The van der Waals surface area contributed by atoms with E-state index in [1.165, 1.54) is 11.1 Å². The van der Waals surface area contributed by atoms with Crippen LogP contribution in [0, 0.1) is 6.92 Å². The van der Waals surface area contributed by atoms with Crippen LogP contribution in [-0.4, -0.2) is 58.2 Å². The van der Waals surface area contributed by atoms with Gasteiger partial charge in [0.2, 0.25) is 0 Å². The van der Waals surface area contributed by atoms with Gasteiger partial charge in [0.25, 0.3) is 0 Å². The van der Waals surface area contributed by atoms with Crippen molar-refractivity contribution in [2.45, 2.75) is 31.7 Å². The summed E-state index contributed by atoms with van der Waals surface area (Å²) in [4.78, 5) is 1.99. The third kappa shape index (κ3) is 3.09. The SMILES string of the molecule is Cc1ccccc1CCN1CC(O)C(O)C(O)C1. The minimum absolute atomic E-state index is 0.421. The van der Waals surface area contributed by atoms with Crippen molar-refractivity contribution in [1.82, 2.24) is 4.90 Å². The molecule has 0 aliphatic carbocycles. The molecule has 0 saturated carbocycles. The Hall–Kier alpha value is -0.940. The maximum atomic E-state index is 9.62. The van der Waals surface area contributed by atoms with Gasteiger partial charge < -0.3 is 15.3 Å². The fourth-order valence-corrected chi connectivity index (χ4v) is 2.43. The first-order valence-corrected chi connectivity index (χ1v) is 6.39. The summed E-state index contributed by atoms with van der Waals surface area (Å²) in [6.45, 7) is 3.71. The van der Waals surface area contributed by atoms with E-state index in [0.717, 1.165) is 13.0 Å². The molecule has 4 heteroatoms. The molecule has 1 fully saturated rings. The van der Waals surface area contributed by atoms with Gasteiger partial charge >= 0.3 is 0 Å². The Morgan fingerprint density at radius 2 is 1.72 bits per heavy atom. The fourth-order valence-electron chi connectivity index (χ4n) is 2.43. The summed E-state index contributed by atoms with van der Waals surface area (Å²) in [6, 6.07) is 8.22. The molecule has 1 heterocycles. The monoisotopic (exact) mass is 251 g/mol. The van der Waals surface area contributed by atoms with Crippen LogP contribution in [0.5, 0.6) is 0 Å². The normalized spacial score (nSPS) is 29.4. The third-order valence-corrected chi connectivity index (χ3v) is 3.64. The van der Waals surface area contributed by atoms with Gasteiger partial charge in [-0.3, -0.25) is 4.90 Å². The Morgan fingerprint density at radius 3 is 2.33 bits per heavy atom. The molecule has 0 aromatic heterocycles. The summed E-state index contributed by atoms with van der Waals surface area (Å²) in [5, 5.41) is 28.7. The van der Waals surface area contributed by atoms with E-state index in [-0.39, 0.29) is 0 Å². The molecule has 2 atom stereocenters. The number of aliphatic hydroxyl groups is 3. The van der Waals surface area contributed by atoms with Crippen LogP contribution in [0.1, 0.15) is 11.1 Å². The van der Waals surface area contributed by atoms with Crippen molar-refractivity contribution < 1.29 is 15.3 Å². The van der Waals surface area contributed by atoms with Gasteiger partial charge in [0.05, 0.1) is 12.2 Å². The Kier molecular flexibility index (Phi) is 4.35. The zero-order chi connectivity index (χ0) is 13.1.